The van der Waals surface area contributed by atoms with Gasteiger partial charge in [-0.15, -0.1) is 0 Å². The van der Waals surface area contributed by atoms with E-state index in [9.17, 15) is 0 Å². The molecule has 0 spiro atoms. The monoisotopic (exact) mass is 426 g/mol. The molecule has 0 aromatic carbocycles. The van der Waals surface area contributed by atoms with Crippen molar-refractivity contribution < 1.29 is 4.74 Å². The fourth-order valence-electron chi connectivity index (χ4n) is 3.96. The Labute approximate surface area is 190 Å². The molecule has 0 aromatic rings. The predicted molar refractivity (Wildman–Crippen MR) is 136 cm³/mol. The maximum atomic E-state index is 5.74. The molecule has 2 heteroatoms. The molecule has 0 aliphatic carbocycles. The SMILES string of the molecule is CCCCCCCCCCCCCCCCOC(=S)CCCCCCCCCC. The third-order valence-electron chi connectivity index (χ3n) is 6.00. The first-order valence-electron chi connectivity index (χ1n) is 13.5. The van der Waals surface area contributed by atoms with Gasteiger partial charge in [0.2, 0.25) is 0 Å². The van der Waals surface area contributed by atoms with Crippen molar-refractivity contribution in [1.82, 2.24) is 0 Å². The number of hydrogen-bond donors (Lipinski definition) is 0. The minimum atomic E-state index is 0.841. The lowest BCUT2D eigenvalue weighted by Gasteiger charge is -2.08. The second-order valence-electron chi connectivity index (χ2n) is 9.04. The van der Waals surface area contributed by atoms with Crippen molar-refractivity contribution in [2.75, 3.05) is 6.61 Å². The molecule has 0 aliphatic rings. The molecule has 0 saturated heterocycles. The Balaban J connectivity index is 3.12. The molecule has 29 heavy (non-hydrogen) atoms. The molecule has 0 bridgehead atoms. The van der Waals surface area contributed by atoms with E-state index >= 15 is 0 Å². The molecule has 1 nitrogen and oxygen atoms in total. The van der Waals surface area contributed by atoms with Crippen LogP contribution < -0.4 is 0 Å². The largest absolute Gasteiger partial charge is 0.487 e. The third kappa shape index (κ3) is 25.9. The highest BCUT2D eigenvalue weighted by Crippen LogP contribution is 2.13. The van der Waals surface area contributed by atoms with Crippen LogP contribution in [0.2, 0.25) is 0 Å². The molecule has 0 radical (unpaired) electrons. The van der Waals surface area contributed by atoms with E-state index in [1.54, 1.807) is 0 Å². The Morgan fingerprint density at radius 1 is 0.448 bits per heavy atom. The van der Waals surface area contributed by atoms with Gasteiger partial charge in [-0.25, -0.2) is 0 Å². The molecule has 0 aliphatic heterocycles. The van der Waals surface area contributed by atoms with Crippen LogP contribution in [0.3, 0.4) is 0 Å². The number of hydrogen-bond acceptors (Lipinski definition) is 2. The molecule has 0 amide bonds. The summed E-state index contributed by atoms with van der Waals surface area (Å²) in [6.07, 6.45) is 31.5. The first kappa shape index (κ1) is 28.9. The van der Waals surface area contributed by atoms with Crippen molar-refractivity contribution >= 4 is 17.3 Å². The van der Waals surface area contributed by atoms with Gasteiger partial charge in [0.15, 0.2) is 5.05 Å². The molecule has 0 unspecified atom stereocenters. The summed E-state index contributed by atoms with van der Waals surface area (Å²) < 4.78 is 5.74. The lowest BCUT2D eigenvalue weighted by atomic mass is 10.0. The lowest BCUT2D eigenvalue weighted by molar-refractivity contribution is 0.290. The Kier molecular flexibility index (Phi) is 25.8. The lowest BCUT2D eigenvalue weighted by Crippen LogP contribution is -2.03. The number of rotatable bonds is 24. The van der Waals surface area contributed by atoms with E-state index in [4.69, 9.17) is 17.0 Å². The summed E-state index contributed by atoms with van der Waals surface area (Å²) in [5.41, 5.74) is 0. The van der Waals surface area contributed by atoms with Gasteiger partial charge < -0.3 is 4.74 Å². The minimum Gasteiger partial charge on any atom is -0.487 e. The van der Waals surface area contributed by atoms with E-state index < -0.39 is 0 Å². The summed E-state index contributed by atoms with van der Waals surface area (Å²) in [6, 6.07) is 0. The molecule has 0 N–H and O–H groups in total. The molecular formula is C27H54OS. The van der Waals surface area contributed by atoms with E-state index in [1.807, 2.05) is 0 Å². The van der Waals surface area contributed by atoms with Crippen LogP contribution in [0.1, 0.15) is 162 Å². The van der Waals surface area contributed by atoms with Crippen LogP contribution >= 0.6 is 12.2 Å². The number of thiocarbonyl (C=S) groups is 1. The quantitative estimate of drug-likeness (QED) is 0.112. The van der Waals surface area contributed by atoms with Crippen LogP contribution in [0.4, 0.5) is 0 Å². The molecule has 0 atom stereocenters. The van der Waals surface area contributed by atoms with E-state index in [0.717, 1.165) is 18.1 Å². The zero-order valence-electron chi connectivity index (χ0n) is 20.3. The normalized spacial score (nSPS) is 11.1. The van der Waals surface area contributed by atoms with Crippen molar-refractivity contribution in [2.24, 2.45) is 0 Å². The van der Waals surface area contributed by atoms with Gasteiger partial charge in [-0.2, -0.15) is 0 Å². The second kappa shape index (κ2) is 25.9. The minimum absolute atomic E-state index is 0.841. The molecule has 174 valence electrons. The topological polar surface area (TPSA) is 9.23 Å². The summed E-state index contributed by atoms with van der Waals surface area (Å²) in [5.74, 6) is 0. The predicted octanol–water partition coefficient (Wildman–Crippen LogP) is 10.3. The van der Waals surface area contributed by atoms with Crippen LogP contribution in [0.5, 0.6) is 0 Å². The molecule has 0 rings (SSSR count). The standard InChI is InChI=1S/C27H54OS/c1-3-5-7-9-11-13-14-15-16-17-18-20-22-24-26-28-27(29)25-23-21-19-12-10-8-6-4-2/h3-26H2,1-2H3. The van der Waals surface area contributed by atoms with E-state index in [0.29, 0.717) is 0 Å². The Morgan fingerprint density at radius 2 is 0.759 bits per heavy atom. The summed E-state index contributed by atoms with van der Waals surface area (Å²) in [7, 11) is 0. The van der Waals surface area contributed by atoms with Crippen LogP contribution in [0, 0.1) is 0 Å². The summed E-state index contributed by atoms with van der Waals surface area (Å²) in [4.78, 5) is 0. The molecule has 0 aromatic heterocycles. The Hall–Kier alpha value is -0.110. The average molecular weight is 427 g/mol. The highest BCUT2D eigenvalue weighted by molar-refractivity contribution is 7.80. The molecular weight excluding hydrogens is 372 g/mol. The summed E-state index contributed by atoms with van der Waals surface area (Å²) >= 11 is 5.37. The molecule has 0 fully saturated rings. The first-order chi connectivity index (χ1) is 14.3. The van der Waals surface area contributed by atoms with Crippen LogP contribution in [-0.2, 0) is 4.74 Å². The van der Waals surface area contributed by atoms with Crippen molar-refractivity contribution in [3.05, 3.63) is 0 Å². The number of unbranched alkanes of at least 4 members (excludes halogenated alkanes) is 20. The van der Waals surface area contributed by atoms with Gasteiger partial charge in [0.05, 0.1) is 6.61 Å². The Morgan fingerprint density at radius 3 is 1.14 bits per heavy atom. The van der Waals surface area contributed by atoms with Gasteiger partial charge >= 0.3 is 0 Å². The van der Waals surface area contributed by atoms with Gasteiger partial charge in [0, 0.05) is 6.42 Å². The first-order valence-corrected chi connectivity index (χ1v) is 13.9. The van der Waals surface area contributed by atoms with Gasteiger partial charge in [-0.05, 0) is 25.1 Å². The second-order valence-corrected chi connectivity index (χ2v) is 9.50. The smallest absolute Gasteiger partial charge is 0.159 e. The zero-order valence-corrected chi connectivity index (χ0v) is 21.1. The number of ether oxygens (including phenoxy) is 1. The van der Waals surface area contributed by atoms with Gasteiger partial charge in [0.1, 0.15) is 0 Å². The average Bonchev–Trinajstić information content (AvgIpc) is 2.72. The zero-order chi connectivity index (χ0) is 21.3. The third-order valence-corrected chi connectivity index (χ3v) is 6.32. The van der Waals surface area contributed by atoms with E-state index in [-0.39, 0.29) is 0 Å². The van der Waals surface area contributed by atoms with Gasteiger partial charge in [-0.1, -0.05) is 142 Å². The maximum Gasteiger partial charge on any atom is 0.159 e. The van der Waals surface area contributed by atoms with Gasteiger partial charge in [0.25, 0.3) is 0 Å². The Bertz CT molecular complexity index is 316. The van der Waals surface area contributed by atoms with Crippen molar-refractivity contribution in [1.29, 1.82) is 0 Å². The van der Waals surface area contributed by atoms with E-state index in [2.05, 4.69) is 13.8 Å². The van der Waals surface area contributed by atoms with Gasteiger partial charge in [-0.3, -0.25) is 0 Å². The fourth-order valence-corrected chi connectivity index (χ4v) is 4.19. The maximum absolute atomic E-state index is 5.74. The fraction of sp³-hybridized carbons (Fsp3) is 0.963. The summed E-state index contributed by atoms with van der Waals surface area (Å²) in [6.45, 7) is 5.41. The van der Waals surface area contributed by atoms with Crippen LogP contribution in [0.25, 0.3) is 0 Å². The van der Waals surface area contributed by atoms with Crippen molar-refractivity contribution in [3.8, 4) is 0 Å². The highest BCUT2D eigenvalue weighted by atomic mass is 32.1. The summed E-state index contributed by atoms with van der Waals surface area (Å²) in [5, 5.41) is 0.852. The molecule has 0 heterocycles. The molecule has 0 saturated carbocycles. The van der Waals surface area contributed by atoms with Crippen LogP contribution in [0.15, 0.2) is 0 Å². The van der Waals surface area contributed by atoms with Crippen molar-refractivity contribution in [2.45, 2.75) is 162 Å². The highest BCUT2D eigenvalue weighted by Gasteiger charge is 1.99. The van der Waals surface area contributed by atoms with Crippen LogP contribution in [-0.4, -0.2) is 11.7 Å². The van der Waals surface area contributed by atoms with E-state index in [1.165, 1.54) is 141 Å². The van der Waals surface area contributed by atoms with Crippen molar-refractivity contribution in [3.63, 3.8) is 0 Å².